The minimum atomic E-state index is -0.449. The average Bonchev–Trinajstić information content (AvgIpc) is 3.11. The third-order valence-corrected chi connectivity index (χ3v) is 2.83. The highest BCUT2D eigenvalue weighted by atomic mass is 16.3. The molecule has 1 aromatic heterocycles. The van der Waals surface area contributed by atoms with Crippen LogP contribution in [0.3, 0.4) is 0 Å². The number of carbonyl (C=O) groups excluding carboxylic acids is 2. The largest absolute Gasteiger partial charge is 0.459 e. The van der Waals surface area contributed by atoms with Gasteiger partial charge in [-0.15, -0.1) is 0 Å². The second kappa shape index (κ2) is 8.33. The lowest BCUT2D eigenvalue weighted by Gasteiger charge is -2.02. The van der Waals surface area contributed by atoms with Gasteiger partial charge in [-0.05, 0) is 30.7 Å². The molecule has 0 saturated heterocycles. The minimum absolute atomic E-state index is 0.156. The molecular formula is C17H17N3O3. The Hall–Kier alpha value is -3.15. The number of benzene rings is 1. The molecule has 23 heavy (non-hydrogen) atoms. The molecule has 0 radical (unpaired) electrons. The summed E-state index contributed by atoms with van der Waals surface area (Å²) in [5, 5.41) is 6.37. The van der Waals surface area contributed by atoms with Crippen LogP contribution in [0.4, 0.5) is 0 Å². The molecule has 0 aliphatic carbocycles. The summed E-state index contributed by atoms with van der Waals surface area (Å²) in [4.78, 5) is 23.2. The van der Waals surface area contributed by atoms with E-state index in [2.05, 4.69) is 15.8 Å². The van der Waals surface area contributed by atoms with Crippen LogP contribution >= 0.6 is 0 Å². The predicted molar refractivity (Wildman–Crippen MR) is 87.8 cm³/mol. The lowest BCUT2D eigenvalue weighted by molar-refractivity contribution is -0.120. The molecule has 0 aliphatic heterocycles. The van der Waals surface area contributed by atoms with E-state index in [1.54, 1.807) is 19.1 Å². The summed E-state index contributed by atoms with van der Waals surface area (Å²) in [7, 11) is 0. The van der Waals surface area contributed by atoms with Gasteiger partial charge in [0.15, 0.2) is 5.76 Å². The van der Waals surface area contributed by atoms with E-state index >= 15 is 0 Å². The fraction of sp³-hybridized carbons (Fsp3) is 0.118. The van der Waals surface area contributed by atoms with Gasteiger partial charge in [-0.2, -0.15) is 5.10 Å². The molecule has 1 aromatic carbocycles. The van der Waals surface area contributed by atoms with Crippen molar-refractivity contribution in [1.82, 2.24) is 10.7 Å². The number of hydrazone groups is 1. The summed E-state index contributed by atoms with van der Waals surface area (Å²) < 4.78 is 4.92. The third kappa shape index (κ3) is 5.62. The number of rotatable bonds is 6. The first kappa shape index (κ1) is 16.2. The number of furan rings is 1. The lowest BCUT2D eigenvalue weighted by atomic mass is 10.2. The fourth-order valence-electron chi connectivity index (χ4n) is 1.66. The van der Waals surface area contributed by atoms with Gasteiger partial charge in [-0.3, -0.25) is 9.59 Å². The molecular weight excluding hydrogens is 294 g/mol. The number of hydrogen-bond acceptors (Lipinski definition) is 4. The number of hydrogen-bond donors (Lipinski definition) is 2. The van der Waals surface area contributed by atoms with Gasteiger partial charge < -0.3 is 9.73 Å². The van der Waals surface area contributed by atoms with Crippen LogP contribution in [0.15, 0.2) is 64.3 Å². The first-order valence-electron chi connectivity index (χ1n) is 7.03. The Morgan fingerprint density at radius 1 is 1.17 bits per heavy atom. The summed E-state index contributed by atoms with van der Waals surface area (Å²) in [5.74, 6) is -0.713. The topological polar surface area (TPSA) is 83.7 Å². The molecule has 0 aliphatic rings. The molecule has 2 N–H and O–H groups in total. The molecule has 1 heterocycles. The molecule has 0 spiro atoms. The number of nitrogens with one attached hydrogen (secondary N) is 2. The first-order chi connectivity index (χ1) is 11.1. The fourth-order valence-corrected chi connectivity index (χ4v) is 1.66. The molecule has 2 aromatic rings. The Balaban J connectivity index is 1.76. The Kier molecular flexibility index (Phi) is 5.88. The lowest BCUT2D eigenvalue weighted by Crippen LogP contribution is -2.35. The minimum Gasteiger partial charge on any atom is -0.459 e. The molecule has 118 valence electrons. The molecule has 6 heteroatoms. The maximum Gasteiger partial charge on any atom is 0.287 e. The molecule has 0 atom stereocenters. The summed E-state index contributed by atoms with van der Waals surface area (Å²) >= 11 is 0. The zero-order chi connectivity index (χ0) is 16.5. The van der Waals surface area contributed by atoms with Crippen molar-refractivity contribution >= 4 is 23.6 Å². The SMILES string of the molecule is CC(C=Cc1ccccc1)=NNC(=O)CNC(=O)c1ccco1. The molecule has 0 unspecified atom stereocenters. The molecule has 0 saturated carbocycles. The van der Waals surface area contributed by atoms with Gasteiger partial charge >= 0.3 is 0 Å². The molecule has 6 nitrogen and oxygen atoms in total. The average molecular weight is 311 g/mol. The van der Waals surface area contributed by atoms with E-state index < -0.39 is 11.8 Å². The van der Waals surface area contributed by atoms with E-state index in [9.17, 15) is 9.59 Å². The summed E-state index contributed by atoms with van der Waals surface area (Å²) in [6.07, 6.45) is 5.07. The first-order valence-corrected chi connectivity index (χ1v) is 7.03. The zero-order valence-corrected chi connectivity index (χ0v) is 12.7. The van der Waals surface area contributed by atoms with Crippen molar-refractivity contribution in [3.63, 3.8) is 0 Å². The van der Waals surface area contributed by atoms with Crippen molar-refractivity contribution in [3.05, 3.63) is 66.1 Å². The van der Waals surface area contributed by atoms with Crippen LogP contribution in [0.2, 0.25) is 0 Å². The Labute approximate surface area is 133 Å². The summed E-state index contributed by atoms with van der Waals surface area (Å²) in [5.41, 5.74) is 4.05. The van der Waals surface area contributed by atoms with Gasteiger partial charge in [0.05, 0.1) is 18.5 Å². The van der Waals surface area contributed by atoms with Crippen molar-refractivity contribution < 1.29 is 14.0 Å². The second-order valence-corrected chi connectivity index (χ2v) is 4.69. The smallest absolute Gasteiger partial charge is 0.287 e. The van der Waals surface area contributed by atoms with Crippen LogP contribution in [-0.2, 0) is 4.79 Å². The number of nitrogens with zero attached hydrogens (tertiary/aromatic N) is 1. The van der Waals surface area contributed by atoms with Gasteiger partial charge in [-0.1, -0.05) is 36.4 Å². The maximum absolute atomic E-state index is 11.6. The van der Waals surface area contributed by atoms with Gasteiger partial charge in [0.1, 0.15) is 0 Å². The summed E-state index contributed by atoms with van der Waals surface area (Å²) in [6, 6.07) is 12.9. The van der Waals surface area contributed by atoms with Crippen LogP contribution < -0.4 is 10.7 Å². The van der Waals surface area contributed by atoms with Gasteiger partial charge in [0, 0.05) is 0 Å². The monoisotopic (exact) mass is 311 g/mol. The van der Waals surface area contributed by atoms with E-state index in [0.29, 0.717) is 5.71 Å². The van der Waals surface area contributed by atoms with E-state index in [1.807, 2.05) is 36.4 Å². The number of carbonyl (C=O) groups is 2. The predicted octanol–water partition coefficient (Wildman–Crippen LogP) is 2.21. The van der Waals surface area contributed by atoms with Crippen LogP contribution in [0, 0.1) is 0 Å². The van der Waals surface area contributed by atoms with Crippen molar-refractivity contribution in [2.45, 2.75) is 6.92 Å². The summed E-state index contributed by atoms with van der Waals surface area (Å²) in [6.45, 7) is 1.58. The molecule has 2 rings (SSSR count). The quantitative estimate of drug-likeness (QED) is 0.634. The van der Waals surface area contributed by atoms with E-state index in [-0.39, 0.29) is 12.3 Å². The van der Waals surface area contributed by atoms with Gasteiger partial charge in [0.2, 0.25) is 0 Å². The van der Waals surface area contributed by atoms with Crippen molar-refractivity contribution in [2.75, 3.05) is 6.54 Å². The zero-order valence-electron chi connectivity index (χ0n) is 12.7. The van der Waals surface area contributed by atoms with E-state index in [4.69, 9.17) is 4.42 Å². The molecule has 0 bridgehead atoms. The van der Waals surface area contributed by atoms with Crippen LogP contribution in [-0.4, -0.2) is 24.1 Å². The van der Waals surface area contributed by atoms with Gasteiger partial charge in [0.25, 0.3) is 11.8 Å². The number of amides is 2. The second-order valence-electron chi connectivity index (χ2n) is 4.69. The molecule has 2 amide bonds. The standard InChI is InChI=1S/C17H17N3O3/c1-13(9-10-14-6-3-2-4-7-14)19-20-16(21)12-18-17(22)15-8-5-11-23-15/h2-11H,12H2,1H3,(H,18,22)(H,20,21). The number of allylic oxidation sites excluding steroid dienone is 1. The van der Waals surface area contributed by atoms with Crippen molar-refractivity contribution in [2.24, 2.45) is 5.10 Å². The third-order valence-electron chi connectivity index (χ3n) is 2.83. The van der Waals surface area contributed by atoms with E-state index in [0.717, 1.165) is 5.56 Å². The Bertz CT molecular complexity index is 704. The van der Waals surface area contributed by atoms with Crippen LogP contribution in [0.25, 0.3) is 6.08 Å². The molecule has 0 fully saturated rings. The van der Waals surface area contributed by atoms with E-state index in [1.165, 1.54) is 12.3 Å². The Morgan fingerprint density at radius 2 is 1.96 bits per heavy atom. The maximum atomic E-state index is 11.6. The van der Waals surface area contributed by atoms with Gasteiger partial charge in [-0.25, -0.2) is 5.43 Å². The van der Waals surface area contributed by atoms with Crippen molar-refractivity contribution in [3.8, 4) is 0 Å². The van der Waals surface area contributed by atoms with Crippen LogP contribution in [0.1, 0.15) is 23.0 Å². The highest BCUT2D eigenvalue weighted by molar-refractivity contribution is 5.97. The normalized spacial score (nSPS) is 11.4. The highest BCUT2D eigenvalue weighted by Gasteiger charge is 2.09. The van der Waals surface area contributed by atoms with Crippen molar-refractivity contribution in [1.29, 1.82) is 0 Å². The van der Waals surface area contributed by atoms with Crippen LogP contribution in [0.5, 0.6) is 0 Å². The Morgan fingerprint density at radius 3 is 2.65 bits per heavy atom. The highest BCUT2D eigenvalue weighted by Crippen LogP contribution is 2.01.